The fraction of sp³-hybridized carbons (Fsp3) is 1.00. The number of rotatable bonds is 1. The molecule has 0 unspecified atom stereocenters. The maximum absolute atomic E-state index is 6.06. The molecule has 5 heteroatoms. The Bertz CT molecular complexity index is 244. The van der Waals surface area contributed by atoms with Gasteiger partial charge in [-0.15, -0.1) is 12.4 Å². The van der Waals surface area contributed by atoms with Gasteiger partial charge in [-0.25, -0.2) is 0 Å². The van der Waals surface area contributed by atoms with Crippen LogP contribution in [-0.4, -0.2) is 31.4 Å². The topological polar surface area (TPSA) is 30.5 Å². The van der Waals surface area contributed by atoms with E-state index in [2.05, 4.69) is 39.9 Å². The highest BCUT2D eigenvalue weighted by atomic mass is 35.5. The fourth-order valence-electron chi connectivity index (χ4n) is 2.26. The number of hydrogen-bond acceptors (Lipinski definition) is 3. The first-order valence-corrected chi connectivity index (χ1v) is 5.90. The van der Waals surface area contributed by atoms with Gasteiger partial charge in [-0.3, -0.25) is 0 Å². The Kier molecular flexibility index (Phi) is 4.01. The highest BCUT2D eigenvalue weighted by Gasteiger charge is 2.55. The Labute approximate surface area is 105 Å². The van der Waals surface area contributed by atoms with Gasteiger partial charge in [-0.1, -0.05) is 6.92 Å². The van der Waals surface area contributed by atoms with Crippen LogP contribution in [0.2, 0.25) is 5.82 Å². The summed E-state index contributed by atoms with van der Waals surface area (Å²) in [5, 5.41) is 3.39. The van der Waals surface area contributed by atoms with Crippen molar-refractivity contribution in [3.05, 3.63) is 0 Å². The van der Waals surface area contributed by atoms with Gasteiger partial charge in [0, 0.05) is 5.82 Å². The van der Waals surface area contributed by atoms with E-state index in [-0.39, 0.29) is 30.7 Å². The zero-order chi connectivity index (χ0) is 11.3. The molecule has 2 rings (SSSR count). The summed E-state index contributed by atoms with van der Waals surface area (Å²) in [6.45, 7) is 12.8. The molecule has 16 heavy (non-hydrogen) atoms. The van der Waals surface area contributed by atoms with Crippen molar-refractivity contribution in [3.8, 4) is 0 Å². The van der Waals surface area contributed by atoms with Gasteiger partial charge in [0.2, 0.25) is 0 Å². The SMILES string of the molecule is C[C@@H]1CNC[C@H]1B1OC(C)(C)C(C)(C)O1.Cl. The lowest BCUT2D eigenvalue weighted by molar-refractivity contribution is 0.00578. The first-order chi connectivity index (χ1) is 6.83. The van der Waals surface area contributed by atoms with Crippen LogP contribution in [0.1, 0.15) is 34.6 Å². The molecule has 0 saturated carbocycles. The van der Waals surface area contributed by atoms with Crippen LogP contribution >= 0.6 is 12.4 Å². The average molecular weight is 248 g/mol. The maximum Gasteiger partial charge on any atom is 0.462 e. The number of hydrogen-bond donors (Lipinski definition) is 1. The zero-order valence-electron chi connectivity index (χ0n) is 10.9. The predicted octanol–water partition coefficient (Wildman–Crippen LogP) is 2.11. The molecule has 0 radical (unpaired) electrons. The fourth-order valence-corrected chi connectivity index (χ4v) is 2.26. The molecule has 2 aliphatic heterocycles. The monoisotopic (exact) mass is 247 g/mol. The van der Waals surface area contributed by atoms with Crippen molar-refractivity contribution in [1.29, 1.82) is 0 Å². The van der Waals surface area contributed by atoms with Crippen molar-refractivity contribution in [2.45, 2.75) is 51.6 Å². The van der Waals surface area contributed by atoms with Crippen molar-refractivity contribution in [3.63, 3.8) is 0 Å². The second-order valence-electron chi connectivity index (χ2n) is 5.92. The molecule has 2 saturated heterocycles. The molecule has 2 atom stereocenters. The highest BCUT2D eigenvalue weighted by molar-refractivity contribution is 6.47. The third-order valence-corrected chi connectivity index (χ3v) is 4.20. The largest absolute Gasteiger partial charge is 0.462 e. The van der Waals surface area contributed by atoms with Gasteiger partial charge in [-0.05, 0) is 46.7 Å². The molecule has 0 aromatic carbocycles. The van der Waals surface area contributed by atoms with E-state index in [0.717, 1.165) is 13.1 Å². The van der Waals surface area contributed by atoms with Crippen LogP contribution in [0.5, 0.6) is 0 Å². The summed E-state index contributed by atoms with van der Waals surface area (Å²) in [5.74, 6) is 1.13. The van der Waals surface area contributed by atoms with E-state index in [4.69, 9.17) is 9.31 Å². The molecular weight excluding hydrogens is 224 g/mol. The lowest BCUT2D eigenvalue weighted by Crippen LogP contribution is -2.41. The third-order valence-electron chi connectivity index (χ3n) is 4.20. The van der Waals surface area contributed by atoms with Crippen LogP contribution in [0.4, 0.5) is 0 Å². The van der Waals surface area contributed by atoms with Crippen LogP contribution in [0.3, 0.4) is 0 Å². The van der Waals surface area contributed by atoms with E-state index in [0.29, 0.717) is 11.7 Å². The zero-order valence-corrected chi connectivity index (χ0v) is 11.7. The summed E-state index contributed by atoms with van der Waals surface area (Å²) in [4.78, 5) is 0. The minimum atomic E-state index is -0.194. The Morgan fingerprint density at radius 1 is 1.06 bits per heavy atom. The molecule has 2 heterocycles. The summed E-state index contributed by atoms with van der Waals surface area (Å²) in [6, 6.07) is 0. The molecule has 0 spiro atoms. The molecule has 0 aromatic rings. The van der Waals surface area contributed by atoms with Crippen molar-refractivity contribution in [2.24, 2.45) is 5.92 Å². The van der Waals surface area contributed by atoms with Gasteiger partial charge in [-0.2, -0.15) is 0 Å². The summed E-state index contributed by atoms with van der Waals surface area (Å²) in [5.41, 5.74) is -0.389. The van der Waals surface area contributed by atoms with Crippen LogP contribution in [0, 0.1) is 5.92 Å². The van der Waals surface area contributed by atoms with Gasteiger partial charge in [0.25, 0.3) is 0 Å². The van der Waals surface area contributed by atoms with Crippen LogP contribution in [-0.2, 0) is 9.31 Å². The number of halogens is 1. The summed E-state index contributed by atoms with van der Waals surface area (Å²) < 4.78 is 12.1. The Morgan fingerprint density at radius 2 is 1.56 bits per heavy atom. The lowest BCUT2D eigenvalue weighted by atomic mass is 9.67. The van der Waals surface area contributed by atoms with E-state index in [1.807, 2.05) is 0 Å². The standard InChI is InChI=1S/C11H22BNO2.ClH/c1-8-6-13-7-9(8)12-14-10(2,3)11(4,5)15-12;/h8-9,13H,6-7H2,1-5H3;1H/t8-,9-;/m1./s1. The Morgan fingerprint density at radius 3 is 1.94 bits per heavy atom. The molecule has 0 aromatic heterocycles. The van der Waals surface area contributed by atoms with Crippen LogP contribution < -0.4 is 5.32 Å². The second-order valence-corrected chi connectivity index (χ2v) is 5.92. The summed E-state index contributed by atoms with van der Waals surface area (Å²) in [7, 11) is -0.0417. The van der Waals surface area contributed by atoms with E-state index in [1.165, 1.54) is 0 Å². The van der Waals surface area contributed by atoms with Gasteiger partial charge in [0.05, 0.1) is 11.2 Å². The van der Waals surface area contributed by atoms with Gasteiger partial charge < -0.3 is 14.6 Å². The average Bonchev–Trinajstić information content (AvgIpc) is 2.55. The normalized spacial score (nSPS) is 36.2. The summed E-state index contributed by atoms with van der Waals surface area (Å²) >= 11 is 0. The quantitative estimate of drug-likeness (QED) is 0.720. The van der Waals surface area contributed by atoms with Crippen molar-refractivity contribution in [2.75, 3.05) is 13.1 Å². The molecule has 2 fully saturated rings. The van der Waals surface area contributed by atoms with Crippen molar-refractivity contribution >= 4 is 19.5 Å². The smallest absolute Gasteiger partial charge is 0.403 e. The van der Waals surface area contributed by atoms with Gasteiger partial charge in [0.15, 0.2) is 0 Å². The van der Waals surface area contributed by atoms with Crippen molar-refractivity contribution < 1.29 is 9.31 Å². The molecule has 94 valence electrons. The van der Waals surface area contributed by atoms with Crippen molar-refractivity contribution in [1.82, 2.24) is 5.32 Å². The lowest BCUT2D eigenvalue weighted by Gasteiger charge is -2.32. The minimum Gasteiger partial charge on any atom is -0.403 e. The molecular formula is C11H23BClNO2. The first kappa shape index (κ1) is 14.3. The van der Waals surface area contributed by atoms with Crippen LogP contribution in [0.25, 0.3) is 0 Å². The Hall–Kier alpha value is 0.235. The molecule has 0 bridgehead atoms. The maximum atomic E-state index is 6.06. The van der Waals surface area contributed by atoms with Gasteiger partial charge >= 0.3 is 7.12 Å². The molecule has 1 N–H and O–H groups in total. The summed E-state index contributed by atoms with van der Waals surface area (Å²) in [6.07, 6.45) is 0. The highest BCUT2D eigenvalue weighted by Crippen LogP contribution is 2.42. The van der Waals surface area contributed by atoms with E-state index in [9.17, 15) is 0 Å². The Balaban J connectivity index is 0.00000128. The number of nitrogens with one attached hydrogen (secondary N) is 1. The molecule has 0 aliphatic carbocycles. The van der Waals surface area contributed by atoms with Gasteiger partial charge in [0.1, 0.15) is 0 Å². The minimum absolute atomic E-state index is 0. The van der Waals surface area contributed by atoms with E-state index < -0.39 is 0 Å². The third kappa shape index (κ3) is 2.26. The predicted molar refractivity (Wildman–Crippen MR) is 69.1 cm³/mol. The first-order valence-electron chi connectivity index (χ1n) is 5.90. The van der Waals surface area contributed by atoms with E-state index in [1.54, 1.807) is 0 Å². The molecule has 2 aliphatic rings. The molecule has 3 nitrogen and oxygen atoms in total. The molecule has 0 amide bonds. The van der Waals surface area contributed by atoms with Crippen LogP contribution in [0.15, 0.2) is 0 Å². The second kappa shape index (κ2) is 4.49. The van der Waals surface area contributed by atoms with E-state index >= 15 is 0 Å².